The summed E-state index contributed by atoms with van der Waals surface area (Å²) in [5, 5.41) is 2.66. The lowest BCUT2D eigenvalue weighted by atomic mass is 10.2. The monoisotopic (exact) mass is 407 g/mol. The predicted molar refractivity (Wildman–Crippen MR) is 108 cm³/mol. The number of amides is 1. The quantitative estimate of drug-likeness (QED) is 0.394. The molecule has 1 unspecified atom stereocenters. The molecule has 0 fully saturated rings. The van der Waals surface area contributed by atoms with E-state index in [-0.39, 0.29) is 11.5 Å². The molecule has 1 atom stereocenters. The number of nitrogens with one attached hydrogen (secondary N) is 2. The minimum absolute atomic E-state index is 0.238. The van der Waals surface area contributed by atoms with Crippen LogP contribution in [0.2, 0.25) is 0 Å². The molecule has 0 spiro atoms. The number of rotatable bonds is 8. The second-order valence-corrected chi connectivity index (χ2v) is 8.10. The number of ether oxygens (including phenoxy) is 1. The van der Waals surface area contributed by atoms with E-state index in [0.29, 0.717) is 27.9 Å². The number of H-pyrrole nitrogens is 1. The van der Waals surface area contributed by atoms with Crippen molar-refractivity contribution < 1.29 is 14.3 Å². The van der Waals surface area contributed by atoms with E-state index >= 15 is 0 Å². The Bertz CT molecular complexity index is 870. The maximum absolute atomic E-state index is 12.4. The molecule has 0 saturated carbocycles. The number of carbonyl (C=O) groups is 2. The number of nitrogens with zero attached hydrogens (tertiary/aromatic N) is 1. The van der Waals surface area contributed by atoms with Crippen molar-refractivity contribution in [2.24, 2.45) is 0 Å². The fourth-order valence-corrected chi connectivity index (χ4v) is 3.52. The van der Waals surface area contributed by atoms with Crippen molar-refractivity contribution in [1.29, 1.82) is 0 Å². The van der Waals surface area contributed by atoms with Crippen LogP contribution in [0.15, 0.2) is 40.3 Å². The number of esters is 1. The van der Waals surface area contributed by atoms with Crippen molar-refractivity contribution in [3.63, 3.8) is 0 Å². The van der Waals surface area contributed by atoms with Gasteiger partial charge in [-0.25, -0.2) is 9.78 Å². The highest BCUT2D eigenvalue weighted by Gasteiger charge is 2.17. The Balaban J connectivity index is 2.05. The number of hydrogen-bond donors (Lipinski definition) is 2. The Morgan fingerprint density at radius 1 is 1.33 bits per heavy atom. The first-order valence-corrected chi connectivity index (χ1v) is 10.3. The number of methoxy groups -OCH3 is 1. The average molecular weight is 408 g/mol. The highest BCUT2D eigenvalue weighted by Crippen LogP contribution is 2.21. The Morgan fingerprint density at radius 3 is 2.81 bits per heavy atom. The Kier molecular flexibility index (Phi) is 7.93. The number of benzene rings is 1. The largest absolute Gasteiger partial charge is 0.465 e. The molecular formula is C18H21N3O4S2. The van der Waals surface area contributed by atoms with Crippen LogP contribution in [0.5, 0.6) is 0 Å². The Hall–Kier alpha value is -2.26. The summed E-state index contributed by atoms with van der Waals surface area (Å²) >= 11 is 2.84. The second-order valence-electron chi connectivity index (χ2n) is 5.50. The van der Waals surface area contributed by atoms with Gasteiger partial charge in [0.25, 0.3) is 5.56 Å². The van der Waals surface area contributed by atoms with Crippen molar-refractivity contribution in [2.45, 2.75) is 30.0 Å². The van der Waals surface area contributed by atoms with E-state index in [1.54, 1.807) is 43.0 Å². The maximum atomic E-state index is 12.4. The molecule has 2 N–H and O–H groups in total. The van der Waals surface area contributed by atoms with E-state index in [0.717, 1.165) is 5.75 Å². The van der Waals surface area contributed by atoms with Gasteiger partial charge in [0.05, 0.1) is 23.6 Å². The van der Waals surface area contributed by atoms with E-state index in [9.17, 15) is 14.4 Å². The molecule has 0 aliphatic carbocycles. The lowest BCUT2D eigenvalue weighted by Gasteiger charge is -2.12. The van der Waals surface area contributed by atoms with Crippen LogP contribution in [-0.4, -0.2) is 40.0 Å². The van der Waals surface area contributed by atoms with E-state index in [1.807, 2.05) is 6.92 Å². The summed E-state index contributed by atoms with van der Waals surface area (Å²) in [5.41, 5.74) is 1.29. The summed E-state index contributed by atoms with van der Waals surface area (Å²) < 4.78 is 4.67. The molecule has 27 heavy (non-hydrogen) atoms. The van der Waals surface area contributed by atoms with Gasteiger partial charge in [-0.3, -0.25) is 9.59 Å². The van der Waals surface area contributed by atoms with Gasteiger partial charge in [0.2, 0.25) is 5.91 Å². The van der Waals surface area contributed by atoms with Crippen molar-refractivity contribution >= 4 is 41.1 Å². The summed E-state index contributed by atoms with van der Waals surface area (Å²) in [6.07, 6.45) is 0. The number of thioether (sulfide) groups is 2. The number of anilines is 1. The van der Waals surface area contributed by atoms with Gasteiger partial charge in [-0.2, -0.15) is 11.8 Å². The molecule has 1 aromatic carbocycles. The summed E-state index contributed by atoms with van der Waals surface area (Å²) in [5.74, 6) is 0.838. The minimum Gasteiger partial charge on any atom is -0.465 e. The van der Waals surface area contributed by atoms with Crippen molar-refractivity contribution in [2.75, 3.05) is 18.2 Å². The minimum atomic E-state index is -0.496. The zero-order valence-electron chi connectivity index (χ0n) is 15.3. The third kappa shape index (κ3) is 6.44. The first-order valence-electron chi connectivity index (χ1n) is 8.26. The SMILES string of the molecule is CCSCc1cc(=O)[nH]c(SC(C)C(=O)Nc2cccc(C(=O)OC)c2)n1. The second kappa shape index (κ2) is 10.2. The molecule has 9 heteroatoms. The van der Waals surface area contributed by atoms with Gasteiger partial charge in [0.15, 0.2) is 5.16 Å². The van der Waals surface area contributed by atoms with Crippen LogP contribution in [0.25, 0.3) is 0 Å². The number of carbonyl (C=O) groups excluding carboxylic acids is 2. The molecule has 2 rings (SSSR count). The van der Waals surface area contributed by atoms with E-state index in [2.05, 4.69) is 20.0 Å². The average Bonchev–Trinajstić information content (AvgIpc) is 2.65. The molecular weight excluding hydrogens is 386 g/mol. The van der Waals surface area contributed by atoms with Crippen molar-refractivity contribution in [3.05, 3.63) is 51.9 Å². The number of hydrogen-bond acceptors (Lipinski definition) is 7. The molecule has 0 radical (unpaired) electrons. The first-order chi connectivity index (χ1) is 12.9. The van der Waals surface area contributed by atoms with Crippen LogP contribution in [0, 0.1) is 0 Å². The molecule has 1 aromatic heterocycles. The topological polar surface area (TPSA) is 101 Å². The van der Waals surface area contributed by atoms with E-state index < -0.39 is 11.2 Å². The highest BCUT2D eigenvalue weighted by atomic mass is 32.2. The fraction of sp³-hybridized carbons (Fsp3) is 0.333. The fourth-order valence-electron chi connectivity index (χ4n) is 2.13. The number of aromatic nitrogens is 2. The summed E-state index contributed by atoms with van der Waals surface area (Å²) in [7, 11) is 1.30. The molecule has 0 bridgehead atoms. The summed E-state index contributed by atoms with van der Waals surface area (Å²) in [4.78, 5) is 42.8. The molecule has 7 nitrogen and oxygen atoms in total. The van der Waals surface area contributed by atoms with Gasteiger partial charge in [0.1, 0.15) is 0 Å². The van der Waals surface area contributed by atoms with Crippen LogP contribution in [-0.2, 0) is 15.3 Å². The van der Waals surface area contributed by atoms with Crippen molar-refractivity contribution in [3.8, 4) is 0 Å². The van der Waals surface area contributed by atoms with Gasteiger partial charge in [0, 0.05) is 17.5 Å². The number of aromatic amines is 1. The van der Waals surface area contributed by atoms with Gasteiger partial charge in [-0.1, -0.05) is 24.8 Å². The highest BCUT2D eigenvalue weighted by molar-refractivity contribution is 8.00. The van der Waals surface area contributed by atoms with Crippen LogP contribution in [0.4, 0.5) is 5.69 Å². The Labute approximate surface area is 165 Å². The lowest BCUT2D eigenvalue weighted by molar-refractivity contribution is -0.115. The standard InChI is InChI=1S/C18H21N3O4S2/c1-4-26-10-14-9-15(22)21-18(20-14)27-11(2)16(23)19-13-7-5-6-12(8-13)17(24)25-3/h5-9,11H,4,10H2,1-3H3,(H,19,23)(H,20,21,22). The van der Waals surface area contributed by atoms with Gasteiger partial charge in [-0.05, 0) is 30.9 Å². The summed E-state index contributed by atoms with van der Waals surface area (Å²) in [6.45, 7) is 3.76. The Morgan fingerprint density at radius 2 is 2.11 bits per heavy atom. The van der Waals surface area contributed by atoms with Crippen molar-refractivity contribution in [1.82, 2.24) is 9.97 Å². The van der Waals surface area contributed by atoms with Crippen LogP contribution >= 0.6 is 23.5 Å². The first kappa shape index (κ1) is 21.0. The lowest BCUT2D eigenvalue weighted by Crippen LogP contribution is -2.23. The molecule has 1 heterocycles. The van der Waals surface area contributed by atoms with Crippen LogP contribution in [0.3, 0.4) is 0 Å². The molecule has 0 aliphatic rings. The molecule has 144 valence electrons. The smallest absolute Gasteiger partial charge is 0.337 e. The van der Waals surface area contributed by atoms with Crippen LogP contribution in [0.1, 0.15) is 29.9 Å². The van der Waals surface area contributed by atoms with Crippen LogP contribution < -0.4 is 10.9 Å². The summed E-state index contributed by atoms with van der Waals surface area (Å²) in [6, 6.07) is 7.96. The zero-order chi connectivity index (χ0) is 19.8. The molecule has 1 amide bonds. The van der Waals surface area contributed by atoms with Gasteiger partial charge in [-0.15, -0.1) is 0 Å². The third-order valence-corrected chi connectivity index (χ3v) is 5.33. The van der Waals surface area contributed by atoms with Gasteiger partial charge >= 0.3 is 5.97 Å². The normalized spacial score (nSPS) is 11.7. The molecule has 2 aromatic rings. The van der Waals surface area contributed by atoms with E-state index in [4.69, 9.17) is 0 Å². The van der Waals surface area contributed by atoms with E-state index in [1.165, 1.54) is 24.9 Å². The zero-order valence-corrected chi connectivity index (χ0v) is 16.9. The third-order valence-electron chi connectivity index (χ3n) is 3.44. The molecule has 0 saturated heterocycles. The predicted octanol–water partition coefficient (Wildman–Crippen LogP) is 2.93. The molecule has 0 aliphatic heterocycles. The van der Waals surface area contributed by atoms with Gasteiger partial charge < -0.3 is 15.0 Å². The maximum Gasteiger partial charge on any atom is 0.337 e.